The first-order valence-electron chi connectivity index (χ1n) is 7.46. The number of hydrogen-bond acceptors (Lipinski definition) is 4. The Morgan fingerprint density at radius 2 is 2.17 bits per heavy atom. The van der Waals surface area contributed by atoms with E-state index in [-0.39, 0.29) is 5.91 Å². The van der Waals surface area contributed by atoms with Crippen molar-refractivity contribution in [2.75, 3.05) is 18.9 Å². The second-order valence-corrected chi connectivity index (χ2v) is 5.42. The molecule has 2 N–H and O–H groups in total. The van der Waals surface area contributed by atoms with Crippen molar-refractivity contribution in [3.05, 3.63) is 53.3 Å². The summed E-state index contributed by atoms with van der Waals surface area (Å²) in [6.07, 6.45) is 2.98. The molecule has 2 aromatic rings. The first kappa shape index (κ1) is 17.2. The van der Waals surface area contributed by atoms with Crippen LogP contribution in [0.5, 0.6) is 5.75 Å². The normalized spacial score (nSPS) is 10.3. The van der Waals surface area contributed by atoms with Crippen molar-refractivity contribution < 1.29 is 9.53 Å². The molecule has 122 valence electrons. The maximum absolute atomic E-state index is 11.8. The molecular formula is C17H20ClN3O2. The zero-order valence-corrected chi connectivity index (χ0v) is 13.8. The first-order chi connectivity index (χ1) is 11.2. The van der Waals surface area contributed by atoms with Crippen molar-refractivity contribution in [2.45, 2.75) is 19.4 Å². The quantitative estimate of drug-likeness (QED) is 0.728. The van der Waals surface area contributed by atoms with Crippen LogP contribution in [-0.2, 0) is 11.4 Å². The number of aromatic nitrogens is 1. The van der Waals surface area contributed by atoms with E-state index >= 15 is 0 Å². The first-order valence-corrected chi connectivity index (χ1v) is 7.83. The Balaban J connectivity index is 1.88. The molecule has 5 nitrogen and oxygen atoms in total. The van der Waals surface area contributed by atoms with E-state index in [1.54, 1.807) is 24.4 Å². The number of halogens is 1. The summed E-state index contributed by atoms with van der Waals surface area (Å²) < 4.78 is 5.65. The van der Waals surface area contributed by atoms with Crippen LogP contribution < -0.4 is 15.4 Å². The van der Waals surface area contributed by atoms with Crippen LogP contribution >= 0.6 is 11.6 Å². The van der Waals surface area contributed by atoms with Crippen LogP contribution in [0.3, 0.4) is 0 Å². The molecule has 0 atom stereocenters. The summed E-state index contributed by atoms with van der Waals surface area (Å²) in [6, 6.07) is 10.8. The Hall–Kier alpha value is -2.11. The fourth-order valence-corrected chi connectivity index (χ4v) is 2.22. The van der Waals surface area contributed by atoms with Crippen molar-refractivity contribution in [1.29, 1.82) is 0 Å². The molecule has 0 saturated heterocycles. The van der Waals surface area contributed by atoms with E-state index in [1.807, 2.05) is 25.2 Å². The Labute approximate surface area is 141 Å². The SMILES string of the molecule is CNCCCC(=O)Nc1ccc(OCc2ccccn2)c(Cl)c1. The molecule has 1 amide bonds. The highest BCUT2D eigenvalue weighted by Crippen LogP contribution is 2.28. The molecule has 0 aliphatic rings. The molecule has 0 radical (unpaired) electrons. The maximum Gasteiger partial charge on any atom is 0.224 e. The maximum atomic E-state index is 11.8. The van der Waals surface area contributed by atoms with Gasteiger partial charge in [-0.2, -0.15) is 0 Å². The lowest BCUT2D eigenvalue weighted by atomic mass is 10.2. The van der Waals surface area contributed by atoms with Crippen LogP contribution in [0.15, 0.2) is 42.6 Å². The average molecular weight is 334 g/mol. The fourth-order valence-electron chi connectivity index (χ4n) is 1.98. The Kier molecular flexibility index (Phi) is 6.84. The molecule has 6 heteroatoms. The Morgan fingerprint density at radius 3 is 2.87 bits per heavy atom. The Morgan fingerprint density at radius 1 is 1.30 bits per heavy atom. The highest BCUT2D eigenvalue weighted by atomic mass is 35.5. The molecule has 0 unspecified atom stereocenters. The van der Waals surface area contributed by atoms with Crippen LogP contribution in [0.4, 0.5) is 5.69 Å². The minimum atomic E-state index is -0.0292. The van der Waals surface area contributed by atoms with Gasteiger partial charge in [-0.1, -0.05) is 17.7 Å². The zero-order chi connectivity index (χ0) is 16.5. The molecule has 23 heavy (non-hydrogen) atoms. The molecule has 1 heterocycles. The monoisotopic (exact) mass is 333 g/mol. The van der Waals surface area contributed by atoms with E-state index in [0.29, 0.717) is 29.5 Å². The highest BCUT2D eigenvalue weighted by Gasteiger charge is 2.07. The fraction of sp³-hybridized carbons (Fsp3) is 0.294. The Bertz CT molecular complexity index is 635. The summed E-state index contributed by atoms with van der Waals surface area (Å²) in [5.41, 5.74) is 1.49. The summed E-state index contributed by atoms with van der Waals surface area (Å²) >= 11 is 6.20. The lowest BCUT2D eigenvalue weighted by Gasteiger charge is -2.10. The molecular weight excluding hydrogens is 314 g/mol. The van der Waals surface area contributed by atoms with Crippen LogP contribution in [-0.4, -0.2) is 24.5 Å². The van der Waals surface area contributed by atoms with Gasteiger partial charge in [0.25, 0.3) is 0 Å². The van der Waals surface area contributed by atoms with E-state index < -0.39 is 0 Å². The van der Waals surface area contributed by atoms with Crippen molar-refractivity contribution in [1.82, 2.24) is 10.3 Å². The van der Waals surface area contributed by atoms with Gasteiger partial charge >= 0.3 is 0 Å². The number of anilines is 1. The molecule has 1 aromatic heterocycles. The van der Waals surface area contributed by atoms with Gasteiger partial charge in [0.1, 0.15) is 12.4 Å². The van der Waals surface area contributed by atoms with E-state index in [4.69, 9.17) is 16.3 Å². The topological polar surface area (TPSA) is 63.2 Å². The second-order valence-electron chi connectivity index (χ2n) is 5.01. The lowest BCUT2D eigenvalue weighted by molar-refractivity contribution is -0.116. The van der Waals surface area contributed by atoms with E-state index in [9.17, 15) is 4.79 Å². The predicted molar refractivity (Wildman–Crippen MR) is 91.8 cm³/mol. The van der Waals surface area contributed by atoms with Gasteiger partial charge in [-0.05, 0) is 50.3 Å². The standard InChI is InChI=1S/C17H20ClN3O2/c1-19-9-4-6-17(22)21-13-7-8-16(15(18)11-13)23-12-14-5-2-3-10-20-14/h2-3,5,7-8,10-11,19H,4,6,9,12H2,1H3,(H,21,22). The number of hydrogen-bond donors (Lipinski definition) is 2. The third-order valence-corrected chi connectivity index (χ3v) is 3.44. The van der Waals surface area contributed by atoms with Gasteiger partial charge in [0.15, 0.2) is 0 Å². The molecule has 2 rings (SSSR count). The van der Waals surface area contributed by atoms with Crippen molar-refractivity contribution in [2.24, 2.45) is 0 Å². The molecule has 0 aliphatic heterocycles. The van der Waals surface area contributed by atoms with Crippen molar-refractivity contribution in [3.8, 4) is 5.75 Å². The van der Waals surface area contributed by atoms with Gasteiger partial charge in [-0.3, -0.25) is 9.78 Å². The third-order valence-electron chi connectivity index (χ3n) is 3.15. The summed E-state index contributed by atoms with van der Waals surface area (Å²) in [5.74, 6) is 0.531. The van der Waals surface area contributed by atoms with Gasteiger partial charge < -0.3 is 15.4 Å². The number of ether oxygens (including phenoxy) is 1. The summed E-state index contributed by atoms with van der Waals surface area (Å²) in [6.45, 7) is 1.16. The highest BCUT2D eigenvalue weighted by molar-refractivity contribution is 6.32. The van der Waals surface area contributed by atoms with E-state index in [1.165, 1.54) is 0 Å². The number of nitrogens with zero attached hydrogens (tertiary/aromatic N) is 1. The van der Waals surface area contributed by atoms with Crippen LogP contribution in [0.1, 0.15) is 18.5 Å². The molecule has 0 aliphatic carbocycles. The van der Waals surface area contributed by atoms with Crippen LogP contribution in [0.2, 0.25) is 5.02 Å². The average Bonchev–Trinajstić information content (AvgIpc) is 2.55. The molecule has 0 fully saturated rings. The molecule has 0 bridgehead atoms. The predicted octanol–water partition coefficient (Wildman–Crippen LogP) is 3.25. The number of pyridine rings is 1. The van der Waals surface area contributed by atoms with Crippen molar-refractivity contribution in [3.63, 3.8) is 0 Å². The smallest absolute Gasteiger partial charge is 0.224 e. The molecule has 0 saturated carbocycles. The number of nitrogens with one attached hydrogen (secondary N) is 2. The third kappa shape index (κ3) is 5.88. The van der Waals surface area contributed by atoms with Gasteiger partial charge in [0.2, 0.25) is 5.91 Å². The minimum Gasteiger partial charge on any atom is -0.486 e. The van der Waals surface area contributed by atoms with E-state index in [0.717, 1.165) is 18.7 Å². The zero-order valence-electron chi connectivity index (χ0n) is 13.0. The molecule has 1 aromatic carbocycles. The van der Waals surface area contributed by atoms with Gasteiger partial charge in [-0.25, -0.2) is 0 Å². The lowest BCUT2D eigenvalue weighted by Crippen LogP contribution is -2.15. The van der Waals surface area contributed by atoms with Gasteiger partial charge in [0, 0.05) is 18.3 Å². The number of benzene rings is 1. The second kappa shape index (κ2) is 9.12. The number of carbonyl (C=O) groups is 1. The number of amides is 1. The van der Waals surface area contributed by atoms with E-state index in [2.05, 4.69) is 15.6 Å². The summed E-state index contributed by atoms with van der Waals surface area (Å²) in [5, 5.41) is 6.28. The largest absolute Gasteiger partial charge is 0.486 e. The number of rotatable bonds is 8. The van der Waals surface area contributed by atoms with Crippen molar-refractivity contribution >= 4 is 23.2 Å². The minimum absolute atomic E-state index is 0.0292. The number of carbonyl (C=O) groups excluding carboxylic acids is 1. The summed E-state index contributed by atoms with van der Waals surface area (Å²) in [7, 11) is 1.86. The molecule has 0 spiro atoms. The van der Waals surface area contributed by atoms with Crippen LogP contribution in [0, 0.1) is 0 Å². The van der Waals surface area contributed by atoms with Gasteiger partial charge in [-0.15, -0.1) is 0 Å². The summed E-state index contributed by atoms with van der Waals surface area (Å²) in [4.78, 5) is 16.0. The van der Waals surface area contributed by atoms with Gasteiger partial charge in [0.05, 0.1) is 10.7 Å². The van der Waals surface area contributed by atoms with Crippen LogP contribution in [0.25, 0.3) is 0 Å².